The smallest absolute Gasteiger partial charge is 0.253 e. The Labute approximate surface area is 124 Å². The average molecular weight is 297 g/mol. The first kappa shape index (κ1) is 15.1. The summed E-state index contributed by atoms with van der Waals surface area (Å²) in [5.41, 5.74) is 5.99. The Kier molecular flexibility index (Phi) is 5.20. The number of likely N-dealkylation sites (tertiary alicyclic amines) is 1. The highest BCUT2D eigenvalue weighted by Gasteiger charge is 2.21. The van der Waals surface area contributed by atoms with Crippen LogP contribution in [0.15, 0.2) is 12.3 Å². The molecule has 110 valence electrons. The Morgan fingerprint density at radius 1 is 1.55 bits per heavy atom. The lowest BCUT2D eigenvalue weighted by molar-refractivity contribution is 0.0911. The number of amides is 1. The molecule has 1 aliphatic heterocycles. The van der Waals surface area contributed by atoms with Gasteiger partial charge in [0.15, 0.2) is 0 Å². The van der Waals surface area contributed by atoms with Crippen molar-refractivity contribution < 1.29 is 4.79 Å². The molecule has 1 aliphatic rings. The van der Waals surface area contributed by atoms with Crippen LogP contribution in [0.4, 0.5) is 5.82 Å². The van der Waals surface area contributed by atoms with Gasteiger partial charge < -0.3 is 16.0 Å². The van der Waals surface area contributed by atoms with E-state index in [1.165, 1.54) is 18.7 Å². The number of halogens is 1. The molecule has 0 aromatic carbocycles. The van der Waals surface area contributed by atoms with Gasteiger partial charge in [0.2, 0.25) is 0 Å². The number of carbonyl (C=O) groups is 1. The van der Waals surface area contributed by atoms with Gasteiger partial charge in [-0.2, -0.15) is 0 Å². The van der Waals surface area contributed by atoms with E-state index in [-0.39, 0.29) is 11.9 Å². The maximum absolute atomic E-state index is 12.2. The van der Waals surface area contributed by atoms with Gasteiger partial charge in [-0.15, -0.1) is 0 Å². The first-order valence-electron chi connectivity index (χ1n) is 7.04. The Balaban J connectivity index is 1.91. The van der Waals surface area contributed by atoms with E-state index in [9.17, 15) is 4.79 Å². The molecule has 1 aromatic heterocycles. The van der Waals surface area contributed by atoms with Crippen LogP contribution in [0.3, 0.4) is 0 Å². The topological polar surface area (TPSA) is 71.2 Å². The van der Waals surface area contributed by atoms with Crippen molar-refractivity contribution >= 4 is 23.3 Å². The second kappa shape index (κ2) is 6.90. The maximum atomic E-state index is 12.2. The molecule has 0 unspecified atom stereocenters. The summed E-state index contributed by atoms with van der Waals surface area (Å²) in [5.74, 6) is 0.135. The van der Waals surface area contributed by atoms with Gasteiger partial charge in [-0.25, -0.2) is 4.98 Å². The van der Waals surface area contributed by atoms with Crippen LogP contribution < -0.4 is 11.1 Å². The molecular formula is C14H21ClN4O. The van der Waals surface area contributed by atoms with Gasteiger partial charge in [-0.1, -0.05) is 18.5 Å². The molecule has 3 N–H and O–H groups in total. The minimum Gasteiger partial charge on any atom is -0.384 e. The SMILES string of the molecule is CCCN1CCC(NC(=O)c2cc(N)ncc2Cl)CC1. The summed E-state index contributed by atoms with van der Waals surface area (Å²) < 4.78 is 0. The highest BCUT2D eigenvalue weighted by molar-refractivity contribution is 6.33. The van der Waals surface area contributed by atoms with E-state index in [1.54, 1.807) is 0 Å². The lowest BCUT2D eigenvalue weighted by Crippen LogP contribution is -2.44. The molecule has 0 atom stereocenters. The number of hydrogen-bond acceptors (Lipinski definition) is 4. The molecule has 0 bridgehead atoms. The first-order valence-corrected chi connectivity index (χ1v) is 7.42. The summed E-state index contributed by atoms with van der Waals surface area (Å²) in [7, 11) is 0. The van der Waals surface area contributed by atoms with Crippen LogP contribution in [0.1, 0.15) is 36.5 Å². The second-order valence-corrected chi connectivity index (χ2v) is 5.59. The quantitative estimate of drug-likeness (QED) is 0.890. The van der Waals surface area contributed by atoms with Gasteiger partial charge in [-0.3, -0.25) is 4.79 Å². The van der Waals surface area contributed by atoms with Crippen molar-refractivity contribution in [2.45, 2.75) is 32.2 Å². The summed E-state index contributed by atoms with van der Waals surface area (Å²) in [6.07, 6.45) is 4.53. The Morgan fingerprint density at radius 3 is 2.90 bits per heavy atom. The fourth-order valence-electron chi connectivity index (χ4n) is 2.51. The zero-order valence-electron chi connectivity index (χ0n) is 11.7. The molecule has 0 radical (unpaired) electrons. The van der Waals surface area contributed by atoms with Crippen LogP contribution in [-0.2, 0) is 0 Å². The number of piperidine rings is 1. The van der Waals surface area contributed by atoms with Crippen LogP contribution in [0.2, 0.25) is 5.02 Å². The average Bonchev–Trinajstić information content (AvgIpc) is 2.44. The Hall–Kier alpha value is -1.33. The van der Waals surface area contributed by atoms with Crippen molar-refractivity contribution in [3.63, 3.8) is 0 Å². The molecule has 1 aromatic rings. The fourth-order valence-corrected chi connectivity index (χ4v) is 2.70. The summed E-state index contributed by atoms with van der Waals surface area (Å²) in [6.45, 7) is 5.38. The van der Waals surface area contributed by atoms with E-state index in [0.29, 0.717) is 16.4 Å². The van der Waals surface area contributed by atoms with E-state index in [4.69, 9.17) is 17.3 Å². The molecule has 20 heavy (non-hydrogen) atoms. The Morgan fingerprint density at radius 2 is 2.25 bits per heavy atom. The zero-order valence-corrected chi connectivity index (χ0v) is 12.5. The third kappa shape index (κ3) is 3.84. The molecule has 2 rings (SSSR count). The maximum Gasteiger partial charge on any atom is 0.253 e. The number of hydrogen-bond donors (Lipinski definition) is 2. The van der Waals surface area contributed by atoms with Crippen LogP contribution in [0.25, 0.3) is 0 Å². The van der Waals surface area contributed by atoms with Gasteiger partial charge in [0.05, 0.1) is 10.6 Å². The molecule has 0 saturated carbocycles. The van der Waals surface area contributed by atoms with Gasteiger partial charge in [0.1, 0.15) is 5.82 Å². The summed E-state index contributed by atoms with van der Waals surface area (Å²) >= 11 is 5.99. The number of nitrogens with two attached hydrogens (primary N) is 1. The standard InChI is InChI=1S/C14H21ClN4O/c1-2-5-19-6-3-10(4-7-19)18-14(20)11-8-13(16)17-9-12(11)15/h8-10H,2-7H2,1H3,(H2,16,17)(H,18,20). The van der Waals surface area contributed by atoms with Crippen molar-refractivity contribution in [1.29, 1.82) is 0 Å². The molecule has 0 spiro atoms. The normalized spacial score (nSPS) is 17.1. The number of pyridine rings is 1. The molecule has 1 saturated heterocycles. The van der Waals surface area contributed by atoms with E-state index >= 15 is 0 Å². The molecule has 1 amide bonds. The molecule has 6 heteroatoms. The third-order valence-electron chi connectivity index (χ3n) is 3.58. The highest BCUT2D eigenvalue weighted by Crippen LogP contribution is 2.18. The van der Waals surface area contributed by atoms with E-state index in [1.807, 2.05) is 0 Å². The van der Waals surface area contributed by atoms with Crippen molar-refractivity contribution in [3.8, 4) is 0 Å². The zero-order chi connectivity index (χ0) is 14.5. The number of nitrogen functional groups attached to an aromatic ring is 1. The molecule has 5 nitrogen and oxygen atoms in total. The number of rotatable bonds is 4. The fraction of sp³-hybridized carbons (Fsp3) is 0.571. The van der Waals surface area contributed by atoms with Crippen molar-refractivity contribution in [3.05, 3.63) is 22.8 Å². The second-order valence-electron chi connectivity index (χ2n) is 5.18. The Bertz CT molecular complexity index is 472. The van der Waals surface area contributed by atoms with Gasteiger partial charge in [0.25, 0.3) is 5.91 Å². The van der Waals surface area contributed by atoms with Crippen LogP contribution in [0.5, 0.6) is 0 Å². The van der Waals surface area contributed by atoms with Crippen molar-refractivity contribution in [2.75, 3.05) is 25.4 Å². The van der Waals surface area contributed by atoms with Crippen molar-refractivity contribution in [2.24, 2.45) is 0 Å². The third-order valence-corrected chi connectivity index (χ3v) is 3.88. The van der Waals surface area contributed by atoms with E-state index < -0.39 is 0 Å². The minimum atomic E-state index is -0.168. The lowest BCUT2D eigenvalue weighted by Gasteiger charge is -2.32. The number of aromatic nitrogens is 1. The predicted octanol–water partition coefficient (Wildman–Crippen LogP) is 1.92. The highest BCUT2D eigenvalue weighted by atomic mass is 35.5. The van der Waals surface area contributed by atoms with Gasteiger partial charge >= 0.3 is 0 Å². The number of nitrogens with one attached hydrogen (secondary N) is 1. The van der Waals surface area contributed by atoms with Gasteiger partial charge in [0, 0.05) is 25.3 Å². The summed E-state index contributed by atoms with van der Waals surface area (Å²) in [5, 5.41) is 3.37. The largest absolute Gasteiger partial charge is 0.384 e. The van der Waals surface area contributed by atoms with Gasteiger partial charge in [-0.05, 0) is 31.9 Å². The van der Waals surface area contributed by atoms with Crippen LogP contribution >= 0.6 is 11.6 Å². The molecule has 0 aliphatic carbocycles. The van der Waals surface area contributed by atoms with E-state index in [2.05, 4.69) is 22.1 Å². The monoisotopic (exact) mass is 296 g/mol. The minimum absolute atomic E-state index is 0.168. The number of anilines is 1. The van der Waals surface area contributed by atoms with Crippen LogP contribution in [0, 0.1) is 0 Å². The van der Waals surface area contributed by atoms with E-state index in [0.717, 1.165) is 32.5 Å². The predicted molar refractivity (Wildman–Crippen MR) is 80.9 cm³/mol. The molecule has 2 heterocycles. The molecular weight excluding hydrogens is 276 g/mol. The number of carbonyl (C=O) groups excluding carboxylic acids is 1. The summed E-state index contributed by atoms with van der Waals surface area (Å²) in [4.78, 5) is 18.5. The molecule has 1 fully saturated rings. The first-order chi connectivity index (χ1) is 9.60. The number of nitrogens with zero attached hydrogens (tertiary/aromatic N) is 2. The van der Waals surface area contributed by atoms with Crippen LogP contribution in [-0.4, -0.2) is 41.5 Å². The van der Waals surface area contributed by atoms with Crippen molar-refractivity contribution in [1.82, 2.24) is 15.2 Å². The summed E-state index contributed by atoms with van der Waals surface area (Å²) in [6, 6.07) is 1.73. The lowest BCUT2D eigenvalue weighted by atomic mass is 10.0.